The van der Waals surface area contributed by atoms with E-state index in [0.717, 1.165) is 11.3 Å². The molecule has 1 aliphatic rings. The van der Waals surface area contributed by atoms with Crippen LogP contribution >= 0.6 is 0 Å². The molecular formula is C12H14N2O2S. The van der Waals surface area contributed by atoms with Gasteiger partial charge in [0, 0.05) is 18.3 Å². The van der Waals surface area contributed by atoms with Gasteiger partial charge in [-0.3, -0.25) is 0 Å². The third kappa shape index (κ3) is 1.95. The summed E-state index contributed by atoms with van der Waals surface area (Å²) in [7, 11) is -2.84. The lowest BCUT2D eigenvalue weighted by Crippen LogP contribution is -2.03. The monoisotopic (exact) mass is 250 g/mol. The summed E-state index contributed by atoms with van der Waals surface area (Å²) in [6, 6.07) is 3.97. The third-order valence-electron chi connectivity index (χ3n) is 3.27. The van der Waals surface area contributed by atoms with Crippen molar-refractivity contribution in [2.75, 3.05) is 11.5 Å². The number of fused-ring (bicyclic) bond motifs is 1. The number of rotatable bonds is 1. The van der Waals surface area contributed by atoms with Gasteiger partial charge in [0.15, 0.2) is 9.84 Å². The first kappa shape index (κ1) is 10.8. The van der Waals surface area contributed by atoms with Crippen LogP contribution in [0.4, 0.5) is 0 Å². The van der Waals surface area contributed by atoms with E-state index >= 15 is 0 Å². The zero-order valence-corrected chi connectivity index (χ0v) is 10.4. The van der Waals surface area contributed by atoms with Crippen molar-refractivity contribution in [3.05, 3.63) is 35.8 Å². The van der Waals surface area contributed by atoms with Crippen molar-refractivity contribution in [1.82, 2.24) is 9.38 Å². The Balaban J connectivity index is 2.02. The van der Waals surface area contributed by atoms with E-state index in [4.69, 9.17) is 0 Å². The van der Waals surface area contributed by atoms with Gasteiger partial charge in [-0.05, 0) is 25.0 Å². The molecule has 3 rings (SSSR count). The van der Waals surface area contributed by atoms with Crippen LogP contribution in [0.25, 0.3) is 5.65 Å². The van der Waals surface area contributed by atoms with Crippen LogP contribution in [-0.2, 0) is 9.84 Å². The fourth-order valence-electron chi connectivity index (χ4n) is 2.35. The number of nitrogens with zero attached hydrogens (tertiary/aromatic N) is 2. The summed E-state index contributed by atoms with van der Waals surface area (Å²) in [6.07, 6.45) is 4.66. The Morgan fingerprint density at radius 3 is 2.88 bits per heavy atom. The Bertz CT molecular complexity index is 673. The first-order chi connectivity index (χ1) is 8.03. The van der Waals surface area contributed by atoms with Gasteiger partial charge in [-0.1, -0.05) is 6.07 Å². The number of hydrogen-bond acceptors (Lipinski definition) is 3. The number of aryl methyl sites for hydroxylation is 1. The molecule has 0 bridgehead atoms. The molecule has 2 aromatic rings. The van der Waals surface area contributed by atoms with Crippen molar-refractivity contribution < 1.29 is 8.42 Å². The van der Waals surface area contributed by atoms with E-state index in [9.17, 15) is 8.42 Å². The quantitative estimate of drug-likeness (QED) is 0.771. The summed E-state index contributed by atoms with van der Waals surface area (Å²) in [5.41, 5.74) is 2.95. The average Bonchev–Trinajstić information content (AvgIpc) is 2.80. The van der Waals surface area contributed by atoms with E-state index in [1.54, 1.807) is 0 Å². The molecule has 1 aliphatic heterocycles. The summed E-state index contributed by atoms with van der Waals surface area (Å²) in [5, 5.41) is 0. The van der Waals surface area contributed by atoms with Crippen LogP contribution in [0.2, 0.25) is 0 Å². The molecule has 1 atom stereocenters. The fourth-order valence-corrected chi connectivity index (χ4v) is 4.11. The highest BCUT2D eigenvalue weighted by molar-refractivity contribution is 7.91. The van der Waals surface area contributed by atoms with Gasteiger partial charge in [0.2, 0.25) is 0 Å². The van der Waals surface area contributed by atoms with Crippen molar-refractivity contribution >= 4 is 15.5 Å². The van der Waals surface area contributed by atoms with E-state index < -0.39 is 9.84 Å². The molecule has 17 heavy (non-hydrogen) atoms. The summed E-state index contributed by atoms with van der Waals surface area (Å²) in [5.74, 6) is 0.612. The minimum absolute atomic E-state index is 0.0696. The zero-order valence-electron chi connectivity index (χ0n) is 9.63. The highest BCUT2D eigenvalue weighted by atomic mass is 32.2. The first-order valence-corrected chi connectivity index (χ1v) is 7.51. The standard InChI is InChI=1S/C12H14N2O2S/c1-9-2-3-12-13-11(7-14(12)6-9)10-4-5-17(15,16)8-10/h2-3,6-7,10H,4-5,8H2,1H3. The zero-order chi connectivity index (χ0) is 12.0. The summed E-state index contributed by atoms with van der Waals surface area (Å²) < 4.78 is 24.9. The van der Waals surface area contributed by atoms with Crippen molar-refractivity contribution in [3.63, 3.8) is 0 Å². The van der Waals surface area contributed by atoms with Gasteiger partial charge in [0.05, 0.1) is 17.2 Å². The molecule has 0 aliphatic carbocycles. The molecule has 1 unspecified atom stereocenters. The lowest BCUT2D eigenvalue weighted by Gasteiger charge is -2.00. The highest BCUT2D eigenvalue weighted by Gasteiger charge is 2.30. The van der Waals surface area contributed by atoms with Crippen LogP contribution in [0.5, 0.6) is 0 Å². The van der Waals surface area contributed by atoms with Crippen LogP contribution in [-0.4, -0.2) is 29.3 Å². The molecule has 0 N–H and O–H groups in total. The molecule has 2 aromatic heterocycles. The van der Waals surface area contributed by atoms with Gasteiger partial charge in [0.25, 0.3) is 0 Å². The van der Waals surface area contributed by atoms with Crippen LogP contribution in [0.15, 0.2) is 24.5 Å². The SMILES string of the molecule is Cc1ccc2nc(C3CCS(=O)(=O)C3)cn2c1. The van der Waals surface area contributed by atoms with Crippen molar-refractivity contribution in [1.29, 1.82) is 0 Å². The molecule has 0 spiro atoms. The molecule has 0 radical (unpaired) electrons. The number of hydrogen-bond donors (Lipinski definition) is 0. The number of sulfone groups is 1. The lowest BCUT2D eigenvalue weighted by molar-refractivity contribution is 0.601. The van der Waals surface area contributed by atoms with Gasteiger partial charge >= 0.3 is 0 Å². The normalized spacial score (nSPS) is 23.2. The van der Waals surface area contributed by atoms with Gasteiger partial charge in [0.1, 0.15) is 5.65 Å². The second-order valence-corrected chi connectivity index (χ2v) is 6.97. The number of pyridine rings is 1. The van der Waals surface area contributed by atoms with E-state index in [1.165, 1.54) is 5.56 Å². The van der Waals surface area contributed by atoms with Crippen molar-refractivity contribution in [3.8, 4) is 0 Å². The lowest BCUT2D eigenvalue weighted by atomic mass is 10.1. The molecule has 90 valence electrons. The molecule has 0 aromatic carbocycles. The van der Waals surface area contributed by atoms with Crippen LogP contribution in [0, 0.1) is 6.92 Å². The number of aromatic nitrogens is 2. The van der Waals surface area contributed by atoms with Gasteiger partial charge in [-0.15, -0.1) is 0 Å². The number of imidazole rings is 1. The Labute approximate surface area is 100 Å². The Morgan fingerprint density at radius 1 is 1.35 bits per heavy atom. The summed E-state index contributed by atoms with van der Waals surface area (Å²) in [4.78, 5) is 4.50. The van der Waals surface area contributed by atoms with Crippen molar-refractivity contribution in [2.24, 2.45) is 0 Å². The first-order valence-electron chi connectivity index (χ1n) is 5.69. The van der Waals surface area contributed by atoms with Crippen LogP contribution < -0.4 is 0 Å². The average molecular weight is 250 g/mol. The predicted molar refractivity (Wildman–Crippen MR) is 65.9 cm³/mol. The molecule has 4 nitrogen and oxygen atoms in total. The van der Waals surface area contributed by atoms with E-state index in [0.29, 0.717) is 12.2 Å². The maximum atomic E-state index is 11.4. The maximum absolute atomic E-state index is 11.4. The minimum atomic E-state index is -2.84. The molecule has 0 saturated carbocycles. The smallest absolute Gasteiger partial charge is 0.151 e. The summed E-state index contributed by atoms with van der Waals surface area (Å²) >= 11 is 0. The van der Waals surface area contributed by atoms with Crippen molar-refractivity contribution in [2.45, 2.75) is 19.3 Å². The van der Waals surface area contributed by atoms with Gasteiger partial charge in [-0.25, -0.2) is 13.4 Å². The molecule has 3 heterocycles. The molecule has 5 heteroatoms. The Hall–Kier alpha value is -1.36. The second-order valence-electron chi connectivity index (χ2n) is 4.74. The van der Waals surface area contributed by atoms with Crippen LogP contribution in [0.3, 0.4) is 0 Å². The van der Waals surface area contributed by atoms with E-state index in [2.05, 4.69) is 4.98 Å². The molecule has 1 saturated heterocycles. The highest BCUT2D eigenvalue weighted by Crippen LogP contribution is 2.28. The second kappa shape index (κ2) is 3.57. The predicted octanol–water partition coefficient (Wildman–Crippen LogP) is 1.54. The third-order valence-corrected chi connectivity index (χ3v) is 5.04. The van der Waals surface area contributed by atoms with Gasteiger partial charge in [-0.2, -0.15) is 0 Å². The summed E-state index contributed by atoms with van der Waals surface area (Å²) in [6.45, 7) is 2.03. The molecule has 0 amide bonds. The largest absolute Gasteiger partial charge is 0.307 e. The maximum Gasteiger partial charge on any atom is 0.151 e. The fraction of sp³-hybridized carbons (Fsp3) is 0.417. The van der Waals surface area contributed by atoms with Gasteiger partial charge < -0.3 is 4.40 Å². The topological polar surface area (TPSA) is 51.4 Å². The van der Waals surface area contributed by atoms with E-state index in [1.807, 2.05) is 35.9 Å². The molecule has 1 fully saturated rings. The minimum Gasteiger partial charge on any atom is -0.307 e. The van der Waals surface area contributed by atoms with Crippen LogP contribution in [0.1, 0.15) is 23.6 Å². The van der Waals surface area contributed by atoms with E-state index in [-0.39, 0.29) is 11.7 Å². The molecular weight excluding hydrogens is 236 g/mol. The Kier molecular flexibility index (Phi) is 2.26. The Morgan fingerprint density at radius 2 is 2.18 bits per heavy atom.